The van der Waals surface area contributed by atoms with Crippen LogP contribution in [0.2, 0.25) is 0 Å². The predicted octanol–water partition coefficient (Wildman–Crippen LogP) is 2.03. The predicted molar refractivity (Wildman–Crippen MR) is 50.4 cm³/mol. The maximum atomic E-state index is 3.36. The molecular weight excluding hydrogens is 134 g/mol. The van der Waals surface area contributed by atoms with Crippen molar-refractivity contribution in [1.29, 1.82) is 0 Å². The van der Waals surface area contributed by atoms with Crippen LogP contribution in [0.15, 0.2) is 0 Å². The lowest BCUT2D eigenvalue weighted by atomic mass is 10.0. The first kappa shape index (κ1) is 10.5. The minimum Gasteiger partial charge on any atom is -0.303 e. The number of rotatable bonds is 4. The Labute approximate surface area is 70.6 Å². The van der Waals surface area contributed by atoms with Crippen LogP contribution in [0.3, 0.4) is 0 Å². The Morgan fingerprint density at radius 3 is 2.45 bits per heavy atom. The molecule has 64 valence electrons. The molecule has 0 aliphatic heterocycles. The van der Waals surface area contributed by atoms with Crippen molar-refractivity contribution < 1.29 is 0 Å². The lowest BCUT2D eigenvalue weighted by Crippen LogP contribution is -2.31. The maximum absolute atomic E-state index is 3.36. The van der Waals surface area contributed by atoms with Gasteiger partial charge in [-0.2, -0.15) is 0 Å². The zero-order valence-corrected chi connectivity index (χ0v) is 8.07. The summed E-state index contributed by atoms with van der Waals surface area (Å²) in [4.78, 5) is 0. The Bertz CT molecular complexity index is 141. The highest BCUT2D eigenvalue weighted by atomic mass is 14.9. The van der Waals surface area contributed by atoms with Gasteiger partial charge < -0.3 is 5.32 Å². The molecule has 2 unspecified atom stereocenters. The molecule has 0 fully saturated rings. The highest BCUT2D eigenvalue weighted by Crippen LogP contribution is 2.05. The Morgan fingerprint density at radius 2 is 2.00 bits per heavy atom. The van der Waals surface area contributed by atoms with Gasteiger partial charge in [0.15, 0.2) is 0 Å². The van der Waals surface area contributed by atoms with E-state index in [9.17, 15) is 0 Å². The van der Waals surface area contributed by atoms with Gasteiger partial charge in [-0.25, -0.2) is 0 Å². The van der Waals surface area contributed by atoms with Crippen LogP contribution in [-0.2, 0) is 0 Å². The first-order valence-electron chi connectivity index (χ1n) is 4.35. The molecule has 0 aliphatic rings. The minimum absolute atomic E-state index is 0.584. The van der Waals surface area contributed by atoms with E-state index in [-0.39, 0.29) is 0 Å². The Balaban J connectivity index is 3.48. The SMILES string of the molecule is CC#CCNC(C)C(C)CC. The molecule has 0 bridgehead atoms. The fourth-order valence-corrected chi connectivity index (χ4v) is 0.855. The zero-order valence-electron chi connectivity index (χ0n) is 8.07. The standard InChI is InChI=1S/C10H19N/c1-5-7-8-11-10(4)9(3)6-2/h9-11H,6,8H2,1-4H3. The third kappa shape index (κ3) is 4.86. The summed E-state index contributed by atoms with van der Waals surface area (Å²) in [6.45, 7) is 9.38. The van der Waals surface area contributed by atoms with Gasteiger partial charge in [0.05, 0.1) is 6.54 Å². The average Bonchev–Trinajstić information content (AvgIpc) is 2.03. The van der Waals surface area contributed by atoms with Crippen molar-refractivity contribution in [2.24, 2.45) is 5.92 Å². The van der Waals surface area contributed by atoms with Crippen molar-refractivity contribution in [3.8, 4) is 11.8 Å². The van der Waals surface area contributed by atoms with Gasteiger partial charge in [-0.3, -0.25) is 0 Å². The molecule has 0 saturated heterocycles. The summed E-state index contributed by atoms with van der Waals surface area (Å²) in [7, 11) is 0. The summed E-state index contributed by atoms with van der Waals surface area (Å²) in [5.74, 6) is 6.61. The monoisotopic (exact) mass is 153 g/mol. The molecule has 0 aliphatic carbocycles. The van der Waals surface area contributed by atoms with Gasteiger partial charge in [0.1, 0.15) is 0 Å². The molecule has 0 aromatic carbocycles. The van der Waals surface area contributed by atoms with Gasteiger partial charge in [0, 0.05) is 6.04 Å². The van der Waals surface area contributed by atoms with E-state index in [1.165, 1.54) is 6.42 Å². The van der Waals surface area contributed by atoms with Crippen LogP contribution in [0, 0.1) is 17.8 Å². The van der Waals surface area contributed by atoms with Crippen LogP contribution in [-0.4, -0.2) is 12.6 Å². The quantitative estimate of drug-likeness (QED) is 0.609. The van der Waals surface area contributed by atoms with Crippen LogP contribution in [0.25, 0.3) is 0 Å². The third-order valence-electron chi connectivity index (χ3n) is 2.19. The molecule has 0 spiro atoms. The third-order valence-corrected chi connectivity index (χ3v) is 2.19. The molecule has 11 heavy (non-hydrogen) atoms. The number of hydrogen-bond donors (Lipinski definition) is 1. The fraction of sp³-hybridized carbons (Fsp3) is 0.800. The van der Waals surface area contributed by atoms with E-state index in [0.29, 0.717) is 6.04 Å². The van der Waals surface area contributed by atoms with Gasteiger partial charge in [-0.05, 0) is 19.8 Å². The van der Waals surface area contributed by atoms with Crippen molar-refractivity contribution in [2.75, 3.05) is 6.54 Å². The Hall–Kier alpha value is -0.480. The van der Waals surface area contributed by atoms with Gasteiger partial charge >= 0.3 is 0 Å². The van der Waals surface area contributed by atoms with E-state index in [4.69, 9.17) is 0 Å². The zero-order chi connectivity index (χ0) is 8.69. The largest absolute Gasteiger partial charge is 0.303 e. The van der Waals surface area contributed by atoms with Gasteiger partial charge in [-0.15, -0.1) is 5.92 Å². The molecule has 0 aromatic heterocycles. The minimum atomic E-state index is 0.584. The molecule has 1 N–H and O–H groups in total. The van der Waals surface area contributed by atoms with Crippen molar-refractivity contribution >= 4 is 0 Å². The molecule has 0 saturated carbocycles. The number of hydrogen-bond acceptors (Lipinski definition) is 1. The van der Waals surface area contributed by atoms with Crippen molar-refractivity contribution in [3.63, 3.8) is 0 Å². The second kappa shape index (κ2) is 6.24. The first-order chi connectivity index (χ1) is 5.22. The first-order valence-corrected chi connectivity index (χ1v) is 4.35. The molecule has 0 amide bonds. The highest BCUT2D eigenvalue weighted by Gasteiger charge is 2.07. The van der Waals surface area contributed by atoms with Crippen LogP contribution in [0.4, 0.5) is 0 Å². The topological polar surface area (TPSA) is 12.0 Å². The fourth-order valence-electron chi connectivity index (χ4n) is 0.855. The summed E-state index contributed by atoms with van der Waals surface area (Å²) >= 11 is 0. The van der Waals surface area contributed by atoms with E-state index in [1.807, 2.05) is 6.92 Å². The van der Waals surface area contributed by atoms with Gasteiger partial charge in [0.2, 0.25) is 0 Å². The van der Waals surface area contributed by atoms with Crippen LogP contribution in [0.5, 0.6) is 0 Å². The molecule has 0 heterocycles. The van der Waals surface area contributed by atoms with E-state index < -0.39 is 0 Å². The van der Waals surface area contributed by atoms with Gasteiger partial charge in [-0.1, -0.05) is 26.2 Å². The highest BCUT2D eigenvalue weighted by molar-refractivity contribution is 4.97. The summed E-state index contributed by atoms with van der Waals surface area (Å²) < 4.78 is 0. The van der Waals surface area contributed by atoms with E-state index >= 15 is 0 Å². The maximum Gasteiger partial charge on any atom is 0.0578 e. The lowest BCUT2D eigenvalue weighted by molar-refractivity contribution is 0.406. The Kier molecular flexibility index (Phi) is 5.97. The molecule has 1 nitrogen and oxygen atoms in total. The summed E-state index contributed by atoms with van der Waals surface area (Å²) in [5.41, 5.74) is 0. The smallest absolute Gasteiger partial charge is 0.0578 e. The summed E-state index contributed by atoms with van der Waals surface area (Å²) in [6, 6.07) is 0.584. The van der Waals surface area contributed by atoms with E-state index in [2.05, 4.69) is 37.9 Å². The molecule has 0 aromatic rings. The molecular formula is C10H19N. The normalized spacial score (nSPS) is 14.9. The van der Waals surface area contributed by atoms with Crippen molar-refractivity contribution in [1.82, 2.24) is 5.32 Å². The summed E-state index contributed by atoms with van der Waals surface area (Å²) in [5, 5.41) is 3.36. The average molecular weight is 153 g/mol. The second-order valence-corrected chi connectivity index (χ2v) is 2.98. The molecule has 2 atom stereocenters. The van der Waals surface area contributed by atoms with Crippen molar-refractivity contribution in [2.45, 2.75) is 40.2 Å². The Morgan fingerprint density at radius 1 is 1.36 bits per heavy atom. The molecule has 1 heteroatoms. The number of nitrogens with one attached hydrogen (secondary N) is 1. The van der Waals surface area contributed by atoms with E-state index in [0.717, 1.165) is 12.5 Å². The second-order valence-electron chi connectivity index (χ2n) is 2.98. The van der Waals surface area contributed by atoms with Gasteiger partial charge in [0.25, 0.3) is 0 Å². The lowest BCUT2D eigenvalue weighted by Gasteiger charge is -2.18. The molecule has 0 radical (unpaired) electrons. The van der Waals surface area contributed by atoms with Crippen LogP contribution in [0.1, 0.15) is 34.1 Å². The van der Waals surface area contributed by atoms with E-state index in [1.54, 1.807) is 0 Å². The van der Waals surface area contributed by atoms with Crippen LogP contribution >= 0.6 is 0 Å². The summed E-state index contributed by atoms with van der Waals surface area (Å²) in [6.07, 6.45) is 1.23. The molecule has 0 rings (SSSR count). The van der Waals surface area contributed by atoms with Crippen molar-refractivity contribution in [3.05, 3.63) is 0 Å². The van der Waals surface area contributed by atoms with Crippen LogP contribution < -0.4 is 5.32 Å².